The molecule has 4 aromatic rings. The molecule has 178 valence electrons. The van der Waals surface area contributed by atoms with E-state index in [0.717, 1.165) is 27.1 Å². The first-order valence-corrected chi connectivity index (χ1v) is 13.0. The Labute approximate surface area is 208 Å². The van der Waals surface area contributed by atoms with E-state index in [0.29, 0.717) is 18.9 Å². The van der Waals surface area contributed by atoms with Crippen LogP contribution in [0.5, 0.6) is 0 Å². The minimum atomic E-state index is -1.00. The molecule has 3 aromatic carbocycles. The normalized spacial score (nSPS) is 17.4. The number of para-hydroxylation sites is 2. The van der Waals surface area contributed by atoms with Gasteiger partial charge in [0, 0.05) is 11.4 Å². The Morgan fingerprint density at radius 2 is 1.71 bits per heavy atom. The molecule has 1 aliphatic rings. The third-order valence-electron chi connectivity index (χ3n) is 6.41. The van der Waals surface area contributed by atoms with Crippen LogP contribution in [0.25, 0.3) is 11.0 Å². The number of ether oxygens (including phenoxy) is 1. The average Bonchev–Trinajstić information content (AvgIpc) is 3.27. The van der Waals surface area contributed by atoms with Crippen molar-refractivity contribution in [1.29, 1.82) is 0 Å². The van der Waals surface area contributed by atoms with Crippen molar-refractivity contribution >= 4 is 40.6 Å². The van der Waals surface area contributed by atoms with Gasteiger partial charge in [-0.05, 0) is 55.0 Å². The number of fused-ring (bicyclic) bond motifs is 3. The van der Waals surface area contributed by atoms with Crippen LogP contribution in [0.15, 0.2) is 83.8 Å². The molecule has 35 heavy (non-hydrogen) atoms. The van der Waals surface area contributed by atoms with Gasteiger partial charge in [0.25, 0.3) is 0 Å². The van der Waals surface area contributed by atoms with E-state index in [1.165, 1.54) is 0 Å². The summed E-state index contributed by atoms with van der Waals surface area (Å²) in [5.74, 6) is -1.23. The molecule has 0 saturated heterocycles. The van der Waals surface area contributed by atoms with Crippen molar-refractivity contribution in [2.75, 3.05) is 24.3 Å². The fraction of sp³-hybridized carbons (Fsp3) is 0.250. The molecular weight excluding hydrogens is 458 g/mol. The molecule has 0 aliphatic carbocycles. The Kier molecular flexibility index (Phi) is 6.59. The topological polar surface area (TPSA) is 64.4 Å². The number of imidazole rings is 1. The molecule has 0 saturated carbocycles. The summed E-state index contributed by atoms with van der Waals surface area (Å²) in [7, 11) is 0. The predicted molar refractivity (Wildman–Crippen MR) is 139 cm³/mol. The highest BCUT2D eigenvalue weighted by atomic mass is 32.2. The first kappa shape index (κ1) is 23.2. The van der Waals surface area contributed by atoms with E-state index in [9.17, 15) is 9.59 Å². The lowest BCUT2D eigenvalue weighted by Gasteiger charge is -2.38. The Bertz CT molecular complexity index is 1350. The van der Waals surface area contributed by atoms with Gasteiger partial charge in [0.2, 0.25) is 11.9 Å². The molecule has 2 heterocycles. The number of aromatic nitrogens is 2. The van der Waals surface area contributed by atoms with Gasteiger partial charge in [-0.25, -0.2) is 4.98 Å². The predicted octanol–water partition coefficient (Wildman–Crippen LogP) is 5.12. The van der Waals surface area contributed by atoms with Crippen LogP contribution in [0.1, 0.15) is 24.1 Å². The minimum absolute atomic E-state index is 0.211. The molecule has 0 spiro atoms. The molecule has 5 rings (SSSR count). The monoisotopic (exact) mass is 485 g/mol. The second-order valence-electron chi connectivity index (χ2n) is 8.44. The van der Waals surface area contributed by atoms with E-state index in [4.69, 9.17) is 9.72 Å². The van der Waals surface area contributed by atoms with Crippen LogP contribution in [0.4, 0.5) is 5.95 Å². The summed E-state index contributed by atoms with van der Waals surface area (Å²) in [6.45, 7) is 2.39. The zero-order chi connectivity index (χ0) is 24.4. The molecule has 7 heteroatoms. The van der Waals surface area contributed by atoms with Crippen molar-refractivity contribution < 1.29 is 14.3 Å². The van der Waals surface area contributed by atoms with Crippen molar-refractivity contribution in [2.24, 2.45) is 5.92 Å². The highest BCUT2D eigenvalue weighted by Crippen LogP contribution is 2.41. The van der Waals surface area contributed by atoms with Gasteiger partial charge >= 0.3 is 5.97 Å². The first-order valence-electron chi connectivity index (χ1n) is 11.7. The zero-order valence-corrected chi connectivity index (χ0v) is 20.6. The summed E-state index contributed by atoms with van der Waals surface area (Å²) < 4.78 is 7.48. The molecule has 6 nitrogen and oxygen atoms in total. The number of nitrogens with zero attached hydrogens (tertiary/aromatic N) is 3. The highest BCUT2D eigenvalue weighted by Gasteiger charge is 2.47. The highest BCUT2D eigenvalue weighted by molar-refractivity contribution is 7.98. The number of carbonyl (C=O) groups is 2. The molecule has 0 radical (unpaired) electrons. The van der Waals surface area contributed by atoms with Crippen molar-refractivity contribution in [2.45, 2.75) is 24.3 Å². The van der Waals surface area contributed by atoms with Gasteiger partial charge in [0.1, 0.15) is 0 Å². The maximum Gasteiger partial charge on any atom is 0.321 e. The van der Waals surface area contributed by atoms with E-state index in [-0.39, 0.29) is 12.5 Å². The molecule has 1 aromatic heterocycles. The molecule has 1 amide bonds. The van der Waals surface area contributed by atoms with Crippen LogP contribution in [-0.2, 0) is 20.7 Å². The van der Waals surface area contributed by atoms with E-state index >= 15 is 0 Å². The lowest BCUT2D eigenvalue weighted by Crippen LogP contribution is -2.50. The van der Waals surface area contributed by atoms with E-state index in [1.807, 2.05) is 89.7 Å². The second kappa shape index (κ2) is 9.96. The standard InChI is InChI=1S/C28H27N3O3S/c1-3-34-27(33)24-25(20-13-15-21(35-2)16-14-20)31-23-12-8-7-11-22(23)29-28(31)30(26(24)32)18-17-19-9-5-4-6-10-19/h4-16,24-25H,3,17-18H2,1-2H3/t24-,25+/m1/s1. The van der Waals surface area contributed by atoms with Crippen molar-refractivity contribution in [3.8, 4) is 0 Å². The van der Waals surface area contributed by atoms with Crippen LogP contribution in [0.2, 0.25) is 0 Å². The van der Waals surface area contributed by atoms with E-state index in [1.54, 1.807) is 23.6 Å². The Balaban J connectivity index is 1.67. The van der Waals surface area contributed by atoms with Gasteiger partial charge in [0.15, 0.2) is 5.92 Å². The smallest absolute Gasteiger partial charge is 0.321 e. The largest absolute Gasteiger partial charge is 0.465 e. The maximum absolute atomic E-state index is 14.0. The zero-order valence-electron chi connectivity index (χ0n) is 19.8. The third-order valence-corrected chi connectivity index (χ3v) is 7.15. The minimum Gasteiger partial charge on any atom is -0.465 e. The van der Waals surface area contributed by atoms with Crippen LogP contribution < -0.4 is 4.90 Å². The van der Waals surface area contributed by atoms with E-state index < -0.39 is 17.9 Å². The summed E-state index contributed by atoms with van der Waals surface area (Å²) >= 11 is 1.65. The first-order chi connectivity index (χ1) is 17.1. The summed E-state index contributed by atoms with van der Waals surface area (Å²) in [5.41, 5.74) is 3.66. The van der Waals surface area contributed by atoms with E-state index in [2.05, 4.69) is 0 Å². The lowest BCUT2D eigenvalue weighted by molar-refractivity contribution is -0.153. The number of esters is 1. The Morgan fingerprint density at radius 1 is 1.00 bits per heavy atom. The van der Waals surface area contributed by atoms with Gasteiger partial charge in [-0.15, -0.1) is 11.8 Å². The lowest BCUT2D eigenvalue weighted by atomic mass is 9.89. The number of amides is 1. The van der Waals surface area contributed by atoms with Crippen LogP contribution in [-0.4, -0.2) is 40.8 Å². The maximum atomic E-state index is 14.0. The molecule has 1 aliphatic heterocycles. The van der Waals surface area contributed by atoms with Crippen LogP contribution in [0, 0.1) is 5.92 Å². The van der Waals surface area contributed by atoms with Gasteiger partial charge < -0.3 is 9.30 Å². The molecule has 0 fully saturated rings. The number of benzene rings is 3. The molecule has 2 atom stereocenters. The van der Waals surface area contributed by atoms with Gasteiger partial charge in [-0.3, -0.25) is 14.5 Å². The number of thioether (sulfide) groups is 1. The van der Waals surface area contributed by atoms with Gasteiger partial charge in [0.05, 0.1) is 23.7 Å². The fourth-order valence-corrected chi connectivity index (χ4v) is 5.16. The molecular formula is C28H27N3O3S. The fourth-order valence-electron chi connectivity index (χ4n) is 4.75. The van der Waals surface area contributed by atoms with Crippen molar-refractivity contribution in [3.05, 3.63) is 90.0 Å². The summed E-state index contributed by atoms with van der Waals surface area (Å²) in [6, 6.07) is 25.3. The molecule has 0 bridgehead atoms. The van der Waals surface area contributed by atoms with Crippen molar-refractivity contribution in [3.63, 3.8) is 0 Å². The molecule has 0 N–H and O–H groups in total. The number of anilines is 1. The molecule has 0 unspecified atom stereocenters. The SMILES string of the molecule is CCOC(=O)[C@H]1C(=O)N(CCc2ccccc2)c2nc3ccccc3n2[C@H]1c1ccc(SC)cc1. The van der Waals surface area contributed by atoms with Gasteiger partial charge in [-0.1, -0.05) is 54.6 Å². The van der Waals surface area contributed by atoms with Crippen LogP contribution >= 0.6 is 11.8 Å². The van der Waals surface area contributed by atoms with Gasteiger partial charge in [-0.2, -0.15) is 0 Å². The summed E-state index contributed by atoms with van der Waals surface area (Å²) in [6.07, 6.45) is 2.67. The quantitative estimate of drug-likeness (QED) is 0.207. The number of carbonyl (C=O) groups excluding carboxylic acids is 2. The average molecular weight is 486 g/mol. The Morgan fingerprint density at radius 3 is 2.43 bits per heavy atom. The Hall–Kier alpha value is -3.58. The number of hydrogen-bond acceptors (Lipinski definition) is 5. The number of hydrogen-bond donors (Lipinski definition) is 0. The second-order valence-corrected chi connectivity index (χ2v) is 9.32. The van der Waals surface area contributed by atoms with Crippen molar-refractivity contribution in [1.82, 2.24) is 9.55 Å². The number of rotatable bonds is 7. The summed E-state index contributed by atoms with van der Waals surface area (Å²) in [4.78, 5) is 34.9. The third kappa shape index (κ3) is 4.32. The van der Waals surface area contributed by atoms with Crippen LogP contribution in [0.3, 0.4) is 0 Å². The summed E-state index contributed by atoms with van der Waals surface area (Å²) in [5, 5.41) is 0.